The second-order valence-electron chi connectivity index (χ2n) is 4.68. The van der Waals surface area contributed by atoms with Gasteiger partial charge in [-0.1, -0.05) is 24.3 Å². The molecule has 0 aliphatic carbocycles. The minimum Gasteiger partial charge on any atom is -0.373 e. The van der Waals surface area contributed by atoms with Crippen molar-refractivity contribution in [3.63, 3.8) is 0 Å². The maximum absolute atomic E-state index is 5.91. The van der Waals surface area contributed by atoms with Crippen molar-refractivity contribution in [3.8, 4) is 0 Å². The first-order valence-corrected chi connectivity index (χ1v) is 7.36. The van der Waals surface area contributed by atoms with Gasteiger partial charge in [0.2, 0.25) is 0 Å². The first-order chi connectivity index (χ1) is 9.38. The van der Waals surface area contributed by atoms with Crippen LogP contribution >= 0.6 is 11.3 Å². The summed E-state index contributed by atoms with van der Waals surface area (Å²) in [6.45, 7) is 0.774. The molecule has 1 aliphatic rings. The lowest BCUT2D eigenvalue weighted by atomic mass is 9.93. The summed E-state index contributed by atoms with van der Waals surface area (Å²) in [5.74, 6) is 5.66. The SMILES string of the molecule is NNC(CC1OCCc2ccccc21)c1cscn1. The van der Waals surface area contributed by atoms with Gasteiger partial charge in [0.1, 0.15) is 0 Å². The molecule has 3 rings (SSSR count). The number of aromatic nitrogens is 1. The molecule has 5 heteroatoms. The molecule has 0 fully saturated rings. The van der Waals surface area contributed by atoms with Gasteiger partial charge in [-0.3, -0.25) is 11.3 Å². The molecule has 2 aromatic rings. The molecule has 1 aromatic heterocycles. The maximum atomic E-state index is 5.91. The predicted octanol–water partition coefficient (Wildman–Crippen LogP) is 2.35. The first-order valence-electron chi connectivity index (χ1n) is 6.42. The van der Waals surface area contributed by atoms with E-state index in [1.54, 1.807) is 11.3 Å². The third-order valence-electron chi connectivity index (χ3n) is 3.55. The standard InChI is InChI=1S/C14H17N3OS/c15-17-12(13-8-19-9-16-13)7-14-11-4-2-1-3-10(11)5-6-18-14/h1-4,8-9,12,14,17H,5-7,15H2. The highest BCUT2D eigenvalue weighted by Crippen LogP contribution is 2.33. The van der Waals surface area contributed by atoms with Gasteiger partial charge in [-0.05, 0) is 17.5 Å². The monoisotopic (exact) mass is 275 g/mol. The topological polar surface area (TPSA) is 60.2 Å². The zero-order valence-electron chi connectivity index (χ0n) is 10.6. The van der Waals surface area contributed by atoms with Crippen molar-refractivity contribution in [1.82, 2.24) is 10.4 Å². The molecule has 0 radical (unpaired) electrons. The lowest BCUT2D eigenvalue weighted by molar-refractivity contribution is 0.0290. The van der Waals surface area contributed by atoms with Crippen LogP contribution in [0.5, 0.6) is 0 Å². The number of hydrogen-bond acceptors (Lipinski definition) is 5. The average molecular weight is 275 g/mol. The minimum absolute atomic E-state index is 0.0300. The number of ether oxygens (including phenoxy) is 1. The summed E-state index contributed by atoms with van der Waals surface area (Å²) in [7, 11) is 0. The number of nitrogens with two attached hydrogens (primary N) is 1. The van der Waals surface area contributed by atoms with E-state index in [1.165, 1.54) is 11.1 Å². The Balaban J connectivity index is 1.80. The number of nitrogens with one attached hydrogen (secondary N) is 1. The zero-order valence-corrected chi connectivity index (χ0v) is 11.4. The van der Waals surface area contributed by atoms with Gasteiger partial charge in [-0.25, -0.2) is 4.98 Å². The third kappa shape index (κ3) is 2.69. The Morgan fingerprint density at radius 1 is 1.47 bits per heavy atom. The Bertz CT molecular complexity index is 529. The summed E-state index contributed by atoms with van der Waals surface area (Å²) in [6, 6.07) is 8.50. The summed E-state index contributed by atoms with van der Waals surface area (Å²) < 4.78 is 5.91. The van der Waals surface area contributed by atoms with E-state index in [4.69, 9.17) is 10.6 Å². The van der Waals surface area contributed by atoms with Crippen molar-refractivity contribution >= 4 is 11.3 Å². The number of benzene rings is 1. The van der Waals surface area contributed by atoms with Gasteiger partial charge in [0.15, 0.2) is 0 Å². The summed E-state index contributed by atoms with van der Waals surface area (Å²) in [6.07, 6.45) is 1.88. The molecule has 2 unspecified atom stereocenters. The van der Waals surface area contributed by atoms with E-state index in [9.17, 15) is 0 Å². The smallest absolute Gasteiger partial charge is 0.0847 e. The lowest BCUT2D eigenvalue weighted by Gasteiger charge is -2.28. The molecule has 0 saturated carbocycles. The van der Waals surface area contributed by atoms with Crippen molar-refractivity contribution < 1.29 is 4.74 Å². The molecule has 19 heavy (non-hydrogen) atoms. The van der Waals surface area contributed by atoms with Gasteiger partial charge in [-0.15, -0.1) is 11.3 Å². The number of hydrogen-bond donors (Lipinski definition) is 2. The van der Waals surface area contributed by atoms with Gasteiger partial charge >= 0.3 is 0 Å². The van der Waals surface area contributed by atoms with Gasteiger partial charge in [0.25, 0.3) is 0 Å². The molecular formula is C14H17N3OS. The number of fused-ring (bicyclic) bond motifs is 1. The second kappa shape index (κ2) is 5.79. The summed E-state index contributed by atoms with van der Waals surface area (Å²) in [5.41, 5.74) is 8.32. The van der Waals surface area contributed by atoms with Crippen molar-refractivity contribution in [2.24, 2.45) is 5.84 Å². The van der Waals surface area contributed by atoms with E-state index in [2.05, 4.69) is 34.7 Å². The summed E-state index contributed by atoms with van der Waals surface area (Å²) in [5, 5.41) is 2.03. The van der Waals surface area contributed by atoms with Crippen LogP contribution in [0, 0.1) is 0 Å². The van der Waals surface area contributed by atoms with Crippen molar-refractivity contribution in [2.45, 2.75) is 25.0 Å². The van der Waals surface area contributed by atoms with E-state index in [0.29, 0.717) is 0 Å². The third-order valence-corrected chi connectivity index (χ3v) is 4.16. The highest BCUT2D eigenvalue weighted by atomic mass is 32.1. The Kier molecular flexibility index (Phi) is 3.89. The number of nitrogens with zero attached hydrogens (tertiary/aromatic N) is 1. The Morgan fingerprint density at radius 3 is 3.16 bits per heavy atom. The van der Waals surface area contributed by atoms with Crippen molar-refractivity contribution in [1.29, 1.82) is 0 Å². The molecule has 0 amide bonds. The Hall–Kier alpha value is -1.27. The quantitative estimate of drug-likeness (QED) is 0.664. The van der Waals surface area contributed by atoms with E-state index >= 15 is 0 Å². The molecule has 1 aliphatic heterocycles. The summed E-state index contributed by atoms with van der Waals surface area (Å²) in [4.78, 5) is 4.33. The largest absolute Gasteiger partial charge is 0.373 e. The van der Waals surface area contributed by atoms with Gasteiger partial charge in [-0.2, -0.15) is 0 Å². The fourth-order valence-electron chi connectivity index (χ4n) is 2.55. The lowest BCUT2D eigenvalue weighted by Crippen LogP contribution is -2.31. The van der Waals surface area contributed by atoms with Gasteiger partial charge in [0.05, 0.1) is 30.0 Å². The van der Waals surface area contributed by atoms with E-state index < -0.39 is 0 Å². The fourth-order valence-corrected chi connectivity index (χ4v) is 3.16. The van der Waals surface area contributed by atoms with Gasteiger partial charge < -0.3 is 4.74 Å². The highest BCUT2D eigenvalue weighted by Gasteiger charge is 2.25. The molecule has 0 saturated heterocycles. The maximum Gasteiger partial charge on any atom is 0.0847 e. The van der Waals surface area contributed by atoms with Crippen LogP contribution in [0.4, 0.5) is 0 Å². The van der Waals surface area contributed by atoms with E-state index in [0.717, 1.165) is 25.1 Å². The minimum atomic E-state index is 0.0300. The molecule has 0 bridgehead atoms. The van der Waals surface area contributed by atoms with Crippen LogP contribution in [0.15, 0.2) is 35.2 Å². The van der Waals surface area contributed by atoms with E-state index in [-0.39, 0.29) is 12.1 Å². The molecule has 3 N–H and O–H groups in total. The molecule has 2 heterocycles. The Labute approximate surface area is 116 Å². The number of thiazole rings is 1. The number of rotatable bonds is 4. The fraction of sp³-hybridized carbons (Fsp3) is 0.357. The normalized spacial score (nSPS) is 19.9. The van der Waals surface area contributed by atoms with E-state index in [1.807, 2.05) is 10.9 Å². The van der Waals surface area contributed by atoms with Crippen LogP contribution in [0.3, 0.4) is 0 Å². The Morgan fingerprint density at radius 2 is 2.37 bits per heavy atom. The molecule has 1 aromatic carbocycles. The highest BCUT2D eigenvalue weighted by molar-refractivity contribution is 7.07. The molecule has 0 spiro atoms. The summed E-state index contributed by atoms with van der Waals surface area (Å²) >= 11 is 1.58. The first kappa shape index (κ1) is 12.7. The van der Waals surface area contributed by atoms with Crippen molar-refractivity contribution in [2.75, 3.05) is 6.61 Å². The second-order valence-corrected chi connectivity index (χ2v) is 5.40. The molecular weight excluding hydrogens is 258 g/mol. The van der Waals surface area contributed by atoms with Crippen LogP contribution < -0.4 is 11.3 Å². The van der Waals surface area contributed by atoms with Crippen LogP contribution in [-0.2, 0) is 11.2 Å². The average Bonchev–Trinajstić information content (AvgIpc) is 2.99. The molecule has 2 atom stereocenters. The van der Waals surface area contributed by atoms with Crippen LogP contribution in [-0.4, -0.2) is 11.6 Å². The zero-order chi connectivity index (χ0) is 13.1. The number of hydrazine groups is 1. The van der Waals surface area contributed by atoms with Crippen LogP contribution in [0.1, 0.15) is 35.4 Å². The van der Waals surface area contributed by atoms with Crippen LogP contribution in [0.2, 0.25) is 0 Å². The predicted molar refractivity (Wildman–Crippen MR) is 75.6 cm³/mol. The van der Waals surface area contributed by atoms with Crippen LogP contribution in [0.25, 0.3) is 0 Å². The van der Waals surface area contributed by atoms with Crippen molar-refractivity contribution in [3.05, 3.63) is 52.0 Å². The molecule has 4 nitrogen and oxygen atoms in total. The van der Waals surface area contributed by atoms with Gasteiger partial charge in [0, 0.05) is 11.8 Å². The molecule has 100 valence electrons.